The van der Waals surface area contributed by atoms with Gasteiger partial charge in [0, 0.05) is 186 Å². The summed E-state index contributed by atoms with van der Waals surface area (Å²) in [6.45, 7) is 16.2. The first kappa shape index (κ1) is 120. The zero-order valence-corrected chi connectivity index (χ0v) is 84.6. The number of unbranched alkanes of at least 4 members (excludes halogenated alkanes) is 1. The quantitative estimate of drug-likeness (QED) is 0.0274. The minimum absolute atomic E-state index is 0.000609. The van der Waals surface area contributed by atoms with Gasteiger partial charge in [-0.1, -0.05) is 108 Å². The van der Waals surface area contributed by atoms with Crippen molar-refractivity contribution >= 4 is 122 Å². The van der Waals surface area contributed by atoms with Gasteiger partial charge in [0.15, 0.2) is 0 Å². The Labute approximate surface area is 823 Å². The van der Waals surface area contributed by atoms with Gasteiger partial charge in [-0.25, -0.2) is 0 Å². The summed E-state index contributed by atoms with van der Waals surface area (Å²) in [6, 6.07) is 17.0. The molecule has 50 nitrogen and oxygen atoms in total. The molecule has 2 aromatic rings. The molecule has 30 N–H and O–H groups in total. The fraction of sp³-hybridized carbons (Fsp3) is 0.787. The topological polar surface area (TPSA) is 782 Å². The van der Waals surface area contributed by atoms with Gasteiger partial charge in [0.25, 0.3) is 40.8 Å². The molecule has 10 saturated heterocycles. The molecule has 0 amide bonds. The summed E-state index contributed by atoms with van der Waals surface area (Å²) < 4.78 is 147. The van der Waals surface area contributed by atoms with E-state index < -0.39 is 179 Å². The molecule has 12 rings (SSSR count). The summed E-state index contributed by atoms with van der Waals surface area (Å²) in [6.07, 6.45) is 5.21. The molecule has 2 aromatic carbocycles. The Hall–Kier alpha value is -5.50. The molecule has 140 heavy (non-hydrogen) atoms. The predicted molar refractivity (Wildman–Crippen MR) is 523 cm³/mol. The van der Waals surface area contributed by atoms with Crippen molar-refractivity contribution in [2.45, 2.75) is 220 Å². The first-order valence-electron chi connectivity index (χ1n) is 47.7. The second-order valence-electron chi connectivity index (χ2n) is 39.9. The van der Waals surface area contributed by atoms with E-state index in [9.17, 15) is 91.6 Å². The van der Waals surface area contributed by atoms with E-state index in [1.54, 1.807) is 30.3 Å². The first-order valence-corrected chi connectivity index (χ1v) is 54.6. The number of hydrogen-bond donors (Lipinski definition) is 25. The maximum atomic E-state index is 13.5. The van der Waals surface area contributed by atoms with Gasteiger partial charge in [-0.05, 0) is 115 Å². The van der Waals surface area contributed by atoms with Crippen LogP contribution in [0.2, 0.25) is 31.6 Å². The number of carboxylic acids is 5. The molecule has 60 heteroatoms. The zero-order chi connectivity index (χ0) is 104. The maximum Gasteiger partial charge on any atom is 0.451 e. The van der Waals surface area contributed by atoms with Crippen LogP contribution in [-0.2, 0) is 81.6 Å². The van der Waals surface area contributed by atoms with Crippen molar-refractivity contribution in [3.63, 3.8) is 0 Å². The number of nitrogens with two attached hydrogens (primary N) is 5. The highest BCUT2D eigenvalue weighted by Crippen LogP contribution is 2.42. The lowest BCUT2D eigenvalue weighted by Crippen LogP contribution is -2.66. The van der Waals surface area contributed by atoms with E-state index in [1.807, 2.05) is 71.9 Å². The lowest BCUT2D eigenvalue weighted by molar-refractivity contribution is -0.145. The van der Waals surface area contributed by atoms with Crippen LogP contribution in [0.1, 0.15) is 124 Å². The van der Waals surface area contributed by atoms with Crippen LogP contribution in [0, 0.1) is 35.5 Å². The first-order chi connectivity index (χ1) is 65.2. The molecule has 0 unspecified atom stereocenters. The van der Waals surface area contributed by atoms with E-state index in [0.717, 1.165) is 22.7 Å². The summed E-state index contributed by atoms with van der Waals surface area (Å²) in [5.41, 5.74) is 22.8. The molecule has 10 fully saturated rings. The summed E-state index contributed by atoms with van der Waals surface area (Å²) in [5, 5.41) is 154. The van der Waals surface area contributed by atoms with Gasteiger partial charge in [0.1, 0.15) is 27.7 Å². The van der Waals surface area contributed by atoms with Crippen LogP contribution in [0.15, 0.2) is 60.7 Å². The van der Waals surface area contributed by atoms with E-state index in [4.69, 9.17) is 78.9 Å². The van der Waals surface area contributed by atoms with Crippen LogP contribution in [-0.4, -0.2) is 429 Å². The van der Waals surface area contributed by atoms with Crippen LogP contribution in [0.3, 0.4) is 0 Å². The molecule has 0 spiro atoms. The van der Waals surface area contributed by atoms with Gasteiger partial charge in [-0.15, -0.1) is 0 Å². The predicted octanol–water partition coefficient (Wildman–Crippen LogP) is -7.98. The molecule has 10 aliphatic heterocycles. The fourth-order valence-electron chi connectivity index (χ4n) is 19.0. The Kier molecular flexibility index (Phi) is 43.6. The molecule has 10 heterocycles. The van der Waals surface area contributed by atoms with Gasteiger partial charge in [0.05, 0.1) is 35.9 Å². The van der Waals surface area contributed by atoms with Crippen molar-refractivity contribution in [3.8, 4) is 0 Å². The molecule has 10 aliphatic rings. The number of nitrogens with zero attached hydrogens (tertiary/aromatic N) is 10. The highest BCUT2D eigenvalue weighted by molar-refractivity contribution is 7.90. The standard InChI is InChI=1S/C18H29BN4O6S.C17H27BN4O6S.3C15H31BN4O6S/c20-18(17(24)25)13-22(12-15(18)7-4-8-19(26)27)30(28,29)23(16-9-21-10-16)11-14-5-2-1-3-6-14;19-17(16(23)24)12-21(11-13(17)5-4-8-18(25)26)29(27,28)22(15-9-20-10-15)14-6-2-1-3-7-14;1-14(2,3)20(12-7-18-8-12)27(25,26)19-9-11(5-4-6-16(23)24)15(17,10-19)13(21)22;1-11(2)8-20(13-6-18-7-13)27(25,26)19-9-12(4-3-5-16(23)24)15(17,10-19)14(21)22;1-2-3-7-20(13-8-18-9-13)27(25,26)19-10-12(5-4-6-16(23)24)15(17,11-19)14(21)22/h1-3,5-6,15-16,21,26-27H,4,7-13,20H2,(H,24,25);1-3,6-7,13,15,20,25-26H,4-5,8-12,19H2,(H,23,24);11-12,18,23-24H,4-10,17H2,1-3H3,(H,21,22);11-13,18,23-24H,3-10,17H2,1-2H3,(H,21,22);12-13,18,23-24H,2-11,17H2,1H3,(H,21,22)/t15-,18-;13-,17-;11-,15-;2*12-,15-/m00000/s1. The summed E-state index contributed by atoms with van der Waals surface area (Å²) >= 11 is 0. The SMILES string of the molecule is CC(C)(C)N(C1CNC1)S(=O)(=O)N1C[C@H](CCCB(O)O)[C@](N)(C(=O)O)C1.CC(C)CN(C1CNC1)S(=O)(=O)N1C[C@H](CCCB(O)O)[C@](N)(C(=O)O)C1.CCCCN(C1CNC1)S(=O)(=O)N1C[C@H](CCCB(O)O)[C@](N)(C(=O)O)C1.N[C@@]1(C(=O)O)CN(S(=O)(=O)N(Cc2ccccc2)C2CNC2)C[C@@H]1CCCB(O)O.N[C@@]1(C(=O)O)CN(S(=O)(=O)N(c2ccccc2)C2CNC2)C[C@@H]1CCCB(O)O. The van der Waals surface area contributed by atoms with Crippen molar-refractivity contribution in [3.05, 3.63) is 66.2 Å². The number of aliphatic carboxylic acids is 5. The number of rotatable bonds is 48. The smallest absolute Gasteiger partial charge is 0.451 e. The molecule has 0 aliphatic carbocycles. The van der Waals surface area contributed by atoms with Crippen LogP contribution in [0.4, 0.5) is 5.69 Å². The molecular weight excluding hydrogens is 1940 g/mol. The van der Waals surface area contributed by atoms with Gasteiger partial charge in [-0.3, -0.25) is 28.3 Å². The number of carbonyl (C=O) groups is 5. The molecular formula is C80H149B5N20O30S5. The highest BCUT2D eigenvalue weighted by atomic mass is 32.2. The second-order valence-corrected chi connectivity index (χ2v) is 49.1. The molecule has 794 valence electrons. The van der Waals surface area contributed by atoms with Crippen molar-refractivity contribution in [2.24, 2.45) is 64.2 Å². The van der Waals surface area contributed by atoms with Crippen molar-refractivity contribution in [1.82, 2.24) is 65.3 Å². The van der Waals surface area contributed by atoms with Crippen LogP contribution in [0.5, 0.6) is 0 Å². The number of benzene rings is 2. The van der Waals surface area contributed by atoms with E-state index in [2.05, 4.69) is 26.6 Å². The lowest BCUT2D eigenvalue weighted by Gasteiger charge is -2.46. The minimum atomic E-state index is -4.01. The van der Waals surface area contributed by atoms with E-state index in [-0.39, 0.29) is 153 Å². The largest absolute Gasteiger partial charge is 0.480 e. The van der Waals surface area contributed by atoms with Crippen LogP contribution < -0.4 is 59.6 Å². The third-order valence-corrected chi connectivity index (χ3v) is 38.0. The lowest BCUT2D eigenvalue weighted by atomic mass is 9.78. The second kappa shape index (κ2) is 50.9. The monoisotopic (exact) mass is 2080 g/mol. The summed E-state index contributed by atoms with van der Waals surface area (Å²) in [7, 11) is -27.0. The Balaban J connectivity index is 0.000000215. The van der Waals surface area contributed by atoms with Gasteiger partial charge in [-0.2, -0.15) is 80.8 Å². The molecule has 0 aromatic heterocycles. The third-order valence-electron chi connectivity index (χ3n) is 27.9. The number of nitrogens with one attached hydrogen (secondary N) is 5. The van der Waals surface area contributed by atoms with Gasteiger partial charge in [0.2, 0.25) is 0 Å². The average Bonchev–Trinajstić information content (AvgIpc) is 1.59. The van der Waals surface area contributed by atoms with E-state index >= 15 is 0 Å². The number of carboxylic acid groups (broad SMARTS) is 5. The Bertz CT molecular complexity index is 4950. The number of para-hydroxylation sites is 1. The summed E-state index contributed by atoms with van der Waals surface area (Å²) in [5.74, 6) is -9.15. The van der Waals surface area contributed by atoms with Crippen LogP contribution in [0.25, 0.3) is 0 Å². The van der Waals surface area contributed by atoms with Crippen LogP contribution >= 0.6 is 0 Å². The van der Waals surface area contributed by atoms with E-state index in [0.29, 0.717) is 136 Å². The number of hydrogen-bond acceptors (Lipinski definition) is 35. The van der Waals surface area contributed by atoms with Crippen molar-refractivity contribution in [1.29, 1.82) is 0 Å². The molecule has 0 saturated carbocycles. The zero-order valence-electron chi connectivity index (χ0n) is 80.5. The molecule has 10 atom stereocenters. The Morgan fingerprint density at radius 3 is 0.893 bits per heavy atom. The maximum absolute atomic E-state index is 13.5. The normalized spacial score (nSPS) is 26.6. The summed E-state index contributed by atoms with van der Waals surface area (Å²) in [4.78, 5) is 59.1. The van der Waals surface area contributed by atoms with Crippen molar-refractivity contribution < 1.29 is 142 Å². The van der Waals surface area contributed by atoms with Crippen molar-refractivity contribution in [2.75, 3.05) is 148 Å². The third kappa shape index (κ3) is 29.8. The van der Waals surface area contributed by atoms with Gasteiger partial charge < -0.3 is 131 Å². The fourth-order valence-corrected chi connectivity index (χ4v) is 29.0. The minimum Gasteiger partial charge on any atom is -0.480 e. The molecule has 0 radical (unpaired) electrons. The highest BCUT2D eigenvalue weighted by Gasteiger charge is 2.61. The molecule has 0 bridgehead atoms. The van der Waals surface area contributed by atoms with E-state index in [1.165, 1.54) is 38.7 Å². The Morgan fingerprint density at radius 2 is 0.636 bits per heavy atom. The number of anilines is 1. The van der Waals surface area contributed by atoms with Gasteiger partial charge >= 0.3 is 75.6 Å². The average molecular weight is 2090 g/mol. The Morgan fingerprint density at radius 1 is 0.379 bits per heavy atom.